The van der Waals surface area contributed by atoms with E-state index in [4.69, 9.17) is 27.9 Å². The maximum atomic E-state index is 11.9. The van der Waals surface area contributed by atoms with E-state index in [0.29, 0.717) is 28.8 Å². The molecule has 1 aromatic carbocycles. The van der Waals surface area contributed by atoms with Crippen molar-refractivity contribution >= 4 is 46.6 Å². The third-order valence-corrected chi connectivity index (χ3v) is 3.93. The van der Waals surface area contributed by atoms with Gasteiger partial charge in [-0.25, -0.2) is 6.08 Å². The predicted molar refractivity (Wildman–Crippen MR) is 84.1 cm³/mol. The average molecular weight is 420 g/mol. The summed E-state index contributed by atoms with van der Waals surface area (Å²) in [4.78, 5) is 13.4. The number of halogens is 2. The van der Waals surface area contributed by atoms with Gasteiger partial charge in [-0.2, -0.15) is 0 Å². The minimum atomic E-state index is -0.549. The molecule has 2 rings (SSSR count). The van der Waals surface area contributed by atoms with Crippen molar-refractivity contribution in [3.63, 3.8) is 0 Å². The van der Waals surface area contributed by atoms with E-state index in [1.54, 1.807) is 24.9 Å². The quantitative estimate of drug-likeness (QED) is 0.423. The predicted octanol–water partition coefficient (Wildman–Crippen LogP) is 3.65. The van der Waals surface area contributed by atoms with Crippen LogP contribution >= 0.6 is 35.0 Å². The van der Waals surface area contributed by atoms with Crippen LogP contribution in [0.2, 0.25) is 5.02 Å². The monoisotopic (exact) mass is 419 g/mol. The molecular weight excluding hydrogens is 406 g/mol. The Bertz CT molecular complexity index is 554. The summed E-state index contributed by atoms with van der Waals surface area (Å²) in [6, 6.07) is 5.41. The molecule has 0 spiro atoms. The van der Waals surface area contributed by atoms with Crippen LogP contribution in [0.25, 0.3) is 5.70 Å². The zero-order valence-corrected chi connectivity index (χ0v) is 16.9. The van der Waals surface area contributed by atoms with Crippen molar-refractivity contribution in [2.75, 3.05) is 19.2 Å². The number of hydrogen-bond acceptors (Lipinski definition) is 3. The molecule has 0 saturated heterocycles. The van der Waals surface area contributed by atoms with Gasteiger partial charge in [0.1, 0.15) is 17.1 Å². The first-order valence-corrected chi connectivity index (χ1v) is 8.19. The maximum Gasteiger partial charge on any atom is 0.240 e. The Kier molecular flexibility index (Phi) is 8.07. The number of nitrogens with zero attached hydrogens (tertiary/aromatic N) is 1. The van der Waals surface area contributed by atoms with E-state index >= 15 is 0 Å². The fourth-order valence-corrected chi connectivity index (χ4v) is 2.63. The number of hydrogen-bond donors (Lipinski definition) is 0. The molecule has 0 saturated carbocycles. The normalized spacial score (nSPS) is 18.1. The Balaban J connectivity index is 0.00000220. The summed E-state index contributed by atoms with van der Waals surface area (Å²) < 4.78 is 5.49. The number of amides is 1. The topological polar surface area (TPSA) is 29.5 Å². The SMILES string of the molecule is CSCOc1ccc(C2=[C-]CC(Cl)C(=O)N2C)c(Cl)c1.[Y]. The number of ether oxygens (including phenoxy) is 1. The molecule has 1 unspecified atom stereocenters. The Morgan fingerprint density at radius 2 is 2.24 bits per heavy atom. The van der Waals surface area contributed by atoms with Crippen LogP contribution in [-0.4, -0.2) is 35.4 Å². The molecule has 1 atom stereocenters. The van der Waals surface area contributed by atoms with Crippen LogP contribution in [0.1, 0.15) is 12.0 Å². The van der Waals surface area contributed by atoms with Crippen molar-refractivity contribution in [3.05, 3.63) is 34.9 Å². The van der Waals surface area contributed by atoms with E-state index in [9.17, 15) is 4.79 Å². The molecule has 21 heavy (non-hydrogen) atoms. The summed E-state index contributed by atoms with van der Waals surface area (Å²) in [6.07, 6.45) is 5.48. The fraction of sp³-hybridized carbons (Fsp3) is 0.357. The van der Waals surface area contributed by atoms with Gasteiger partial charge in [0.15, 0.2) is 0 Å². The smallest absolute Gasteiger partial charge is 0.240 e. The molecule has 1 heterocycles. The number of alkyl halides is 1. The second-order valence-electron chi connectivity index (χ2n) is 4.29. The third kappa shape index (κ3) is 4.62. The van der Waals surface area contributed by atoms with Gasteiger partial charge in [0, 0.05) is 39.8 Å². The van der Waals surface area contributed by atoms with Crippen molar-refractivity contribution in [1.29, 1.82) is 0 Å². The number of carbonyl (C=O) groups excluding carboxylic acids is 1. The number of rotatable bonds is 4. The zero-order valence-electron chi connectivity index (χ0n) is 11.7. The summed E-state index contributed by atoms with van der Waals surface area (Å²) in [5, 5.41) is -0.0227. The largest absolute Gasteiger partial charge is 0.483 e. The molecule has 111 valence electrons. The van der Waals surface area contributed by atoms with Crippen LogP contribution in [-0.2, 0) is 37.5 Å². The van der Waals surface area contributed by atoms with Gasteiger partial charge in [0.2, 0.25) is 5.91 Å². The van der Waals surface area contributed by atoms with Gasteiger partial charge in [-0.3, -0.25) is 4.79 Å². The molecule has 3 nitrogen and oxygen atoms in total. The average Bonchev–Trinajstić information content (AvgIpc) is 2.44. The van der Waals surface area contributed by atoms with Gasteiger partial charge < -0.3 is 9.64 Å². The molecule has 1 aromatic rings. The Labute approximate surface area is 164 Å². The minimum absolute atomic E-state index is 0. The van der Waals surface area contributed by atoms with Crippen molar-refractivity contribution in [1.82, 2.24) is 4.90 Å². The second-order valence-corrected chi connectivity index (χ2v) is 6.03. The van der Waals surface area contributed by atoms with Crippen molar-refractivity contribution in [2.45, 2.75) is 11.8 Å². The maximum absolute atomic E-state index is 11.9. The summed E-state index contributed by atoms with van der Waals surface area (Å²) in [6.45, 7) is 0. The first-order chi connectivity index (χ1) is 9.54. The Morgan fingerprint density at radius 3 is 2.86 bits per heavy atom. The van der Waals surface area contributed by atoms with E-state index in [-0.39, 0.29) is 38.6 Å². The van der Waals surface area contributed by atoms with Crippen LogP contribution in [0.3, 0.4) is 0 Å². The molecule has 0 aromatic heterocycles. The Morgan fingerprint density at radius 1 is 1.52 bits per heavy atom. The van der Waals surface area contributed by atoms with Gasteiger partial charge in [0.25, 0.3) is 0 Å². The second kappa shape index (κ2) is 8.78. The standard InChI is InChI=1S/C14H14Cl2NO2S.Y/c1-17-13(6-5-11(15)14(17)18)10-4-3-9(7-12(10)16)19-8-20-2;/h3-4,7,11H,5,8H2,1-2H3;/q-1;. The van der Waals surface area contributed by atoms with Gasteiger partial charge in [0.05, 0.1) is 0 Å². The van der Waals surface area contributed by atoms with E-state index in [1.165, 1.54) is 4.90 Å². The molecule has 1 aliphatic heterocycles. The van der Waals surface area contributed by atoms with Crippen LogP contribution < -0.4 is 4.74 Å². The number of thioether (sulfide) groups is 1. The molecule has 7 heteroatoms. The van der Waals surface area contributed by atoms with Gasteiger partial charge in [-0.05, 0) is 23.4 Å². The van der Waals surface area contributed by atoms with Crippen molar-refractivity contribution in [2.24, 2.45) is 0 Å². The molecule has 0 N–H and O–H groups in total. The molecule has 0 aliphatic carbocycles. The molecule has 0 fully saturated rings. The third-order valence-electron chi connectivity index (χ3n) is 2.92. The molecule has 1 amide bonds. The number of benzene rings is 1. The fourth-order valence-electron chi connectivity index (χ4n) is 1.89. The van der Waals surface area contributed by atoms with Gasteiger partial charge in [-0.15, -0.1) is 52.3 Å². The van der Waals surface area contributed by atoms with Gasteiger partial charge >= 0.3 is 0 Å². The van der Waals surface area contributed by atoms with Crippen LogP contribution in [0.4, 0.5) is 0 Å². The summed E-state index contributed by atoms with van der Waals surface area (Å²) in [5.41, 5.74) is 1.41. The molecule has 1 aliphatic rings. The minimum Gasteiger partial charge on any atom is -0.483 e. The first kappa shape index (κ1) is 19.3. The summed E-state index contributed by atoms with van der Waals surface area (Å²) in [5.74, 6) is 1.13. The van der Waals surface area contributed by atoms with Crippen molar-refractivity contribution in [3.8, 4) is 5.75 Å². The summed E-state index contributed by atoms with van der Waals surface area (Å²) in [7, 11) is 1.67. The molecular formula is C14H14Cl2NO2SY-. The molecule has 1 radical (unpaired) electrons. The van der Waals surface area contributed by atoms with Crippen LogP contribution in [0.5, 0.6) is 5.75 Å². The van der Waals surface area contributed by atoms with Crippen LogP contribution in [0.15, 0.2) is 18.2 Å². The van der Waals surface area contributed by atoms with Crippen LogP contribution in [0, 0.1) is 6.08 Å². The van der Waals surface area contributed by atoms with E-state index in [0.717, 1.165) is 5.56 Å². The van der Waals surface area contributed by atoms with E-state index in [2.05, 4.69) is 6.08 Å². The number of allylic oxidation sites excluding steroid dienone is 1. The first-order valence-electron chi connectivity index (χ1n) is 5.98. The number of carbonyl (C=O) groups is 1. The zero-order chi connectivity index (χ0) is 14.7. The van der Waals surface area contributed by atoms with Crippen molar-refractivity contribution < 1.29 is 42.2 Å². The Hall–Kier alpha value is 0.264. The summed E-state index contributed by atoms with van der Waals surface area (Å²) >= 11 is 13.8. The van der Waals surface area contributed by atoms with E-state index in [1.807, 2.05) is 18.4 Å². The van der Waals surface area contributed by atoms with Gasteiger partial charge in [-0.1, -0.05) is 6.42 Å². The van der Waals surface area contributed by atoms with E-state index < -0.39 is 5.38 Å². The molecule has 0 bridgehead atoms.